The smallest absolute Gasteiger partial charge is 0.295 e. The molecular weight excluding hydrogens is 500 g/mol. The van der Waals surface area contributed by atoms with E-state index in [0.717, 1.165) is 21.5 Å². The maximum atomic E-state index is 13.1. The van der Waals surface area contributed by atoms with E-state index >= 15 is 0 Å². The van der Waals surface area contributed by atoms with E-state index in [9.17, 15) is 4.79 Å². The summed E-state index contributed by atoms with van der Waals surface area (Å²) in [4.78, 5) is 17.7. The van der Waals surface area contributed by atoms with Crippen LogP contribution >= 0.6 is 15.9 Å². The number of benzene rings is 3. The van der Waals surface area contributed by atoms with Gasteiger partial charge in [0.25, 0.3) is 5.91 Å². The highest BCUT2D eigenvalue weighted by molar-refractivity contribution is 9.10. The average Bonchev–Trinajstić information content (AvgIpc) is 3.31. The molecule has 4 aromatic rings. The molecule has 0 aliphatic heterocycles. The van der Waals surface area contributed by atoms with Gasteiger partial charge in [-0.2, -0.15) is 0 Å². The molecule has 0 bridgehead atoms. The van der Waals surface area contributed by atoms with Crippen LogP contribution in [0.1, 0.15) is 17.5 Å². The lowest BCUT2D eigenvalue weighted by atomic mass is 10.2. The lowest BCUT2D eigenvalue weighted by Crippen LogP contribution is -2.15. The van der Waals surface area contributed by atoms with Gasteiger partial charge in [0, 0.05) is 16.1 Å². The van der Waals surface area contributed by atoms with Gasteiger partial charge in [0.05, 0.1) is 32.2 Å². The highest BCUT2D eigenvalue weighted by atomic mass is 79.9. The molecule has 8 nitrogen and oxygen atoms in total. The van der Waals surface area contributed by atoms with E-state index in [1.807, 2.05) is 55.5 Å². The van der Waals surface area contributed by atoms with Gasteiger partial charge in [-0.05, 0) is 55.5 Å². The molecule has 0 saturated carbocycles. The van der Waals surface area contributed by atoms with Crippen LogP contribution in [0.2, 0.25) is 0 Å². The van der Waals surface area contributed by atoms with Crippen molar-refractivity contribution in [3.05, 3.63) is 77.0 Å². The predicted molar refractivity (Wildman–Crippen MR) is 133 cm³/mol. The van der Waals surface area contributed by atoms with Gasteiger partial charge in [0.15, 0.2) is 5.82 Å². The number of anilines is 1. The SMILES string of the molecule is CCOc1ccc(-n2nc(C(=O)Nc3cc(OC)ccc3OC)nc2-c2ccc(Br)cc2)cc1. The Balaban J connectivity index is 1.73. The lowest BCUT2D eigenvalue weighted by Gasteiger charge is -2.10. The van der Waals surface area contributed by atoms with E-state index in [-0.39, 0.29) is 5.82 Å². The third kappa shape index (κ3) is 5.04. The second kappa shape index (κ2) is 10.4. The van der Waals surface area contributed by atoms with Crippen molar-refractivity contribution in [2.75, 3.05) is 26.1 Å². The monoisotopic (exact) mass is 522 g/mol. The van der Waals surface area contributed by atoms with E-state index in [0.29, 0.717) is 29.6 Å². The first kappa shape index (κ1) is 23.3. The quantitative estimate of drug-likeness (QED) is 0.335. The molecule has 4 rings (SSSR count). The van der Waals surface area contributed by atoms with Crippen LogP contribution in [0.5, 0.6) is 17.2 Å². The van der Waals surface area contributed by atoms with Crippen molar-refractivity contribution in [3.8, 4) is 34.3 Å². The highest BCUT2D eigenvalue weighted by Crippen LogP contribution is 2.30. The predicted octanol–water partition coefficient (Wildman–Crippen LogP) is 5.37. The summed E-state index contributed by atoms with van der Waals surface area (Å²) in [5, 5.41) is 7.34. The Morgan fingerprint density at radius 2 is 1.68 bits per heavy atom. The Morgan fingerprint density at radius 1 is 0.971 bits per heavy atom. The number of hydrogen-bond donors (Lipinski definition) is 1. The van der Waals surface area contributed by atoms with Gasteiger partial charge in [-0.3, -0.25) is 4.79 Å². The van der Waals surface area contributed by atoms with Crippen LogP contribution in [0, 0.1) is 0 Å². The maximum Gasteiger partial charge on any atom is 0.295 e. The molecule has 0 radical (unpaired) electrons. The molecule has 1 N–H and O–H groups in total. The second-order valence-electron chi connectivity index (χ2n) is 7.12. The minimum Gasteiger partial charge on any atom is -0.497 e. The molecule has 0 atom stereocenters. The van der Waals surface area contributed by atoms with Gasteiger partial charge >= 0.3 is 0 Å². The topological polar surface area (TPSA) is 87.5 Å². The van der Waals surface area contributed by atoms with Gasteiger partial charge < -0.3 is 19.5 Å². The number of ether oxygens (including phenoxy) is 3. The van der Waals surface area contributed by atoms with Crippen LogP contribution in [0.3, 0.4) is 0 Å². The van der Waals surface area contributed by atoms with Crippen molar-refractivity contribution in [2.45, 2.75) is 6.92 Å². The zero-order valence-electron chi connectivity index (χ0n) is 18.9. The number of halogens is 1. The van der Waals surface area contributed by atoms with Crippen molar-refractivity contribution in [1.82, 2.24) is 14.8 Å². The highest BCUT2D eigenvalue weighted by Gasteiger charge is 2.20. The molecule has 0 aliphatic carbocycles. The van der Waals surface area contributed by atoms with Gasteiger partial charge in [-0.25, -0.2) is 9.67 Å². The molecule has 1 amide bonds. The van der Waals surface area contributed by atoms with Gasteiger partial charge in [-0.15, -0.1) is 5.10 Å². The molecule has 0 aliphatic rings. The Bertz CT molecular complexity index is 1290. The zero-order chi connectivity index (χ0) is 24.1. The molecule has 3 aromatic carbocycles. The number of nitrogens with one attached hydrogen (secondary N) is 1. The first-order chi connectivity index (χ1) is 16.5. The molecule has 1 heterocycles. The number of aromatic nitrogens is 3. The first-order valence-electron chi connectivity index (χ1n) is 10.5. The summed E-state index contributed by atoms with van der Waals surface area (Å²) < 4.78 is 18.7. The summed E-state index contributed by atoms with van der Waals surface area (Å²) in [5.41, 5.74) is 2.00. The fourth-order valence-electron chi connectivity index (χ4n) is 3.31. The number of methoxy groups -OCH3 is 2. The minimum absolute atomic E-state index is 0.0108. The van der Waals surface area contributed by atoms with Crippen molar-refractivity contribution in [3.63, 3.8) is 0 Å². The molecule has 0 unspecified atom stereocenters. The average molecular weight is 523 g/mol. The van der Waals surface area contributed by atoms with Crippen LogP contribution in [0.25, 0.3) is 17.1 Å². The van der Waals surface area contributed by atoms with Crippen molar-refractivity contribution in [2.24, 2.45) is 0 Å². The first-order valence-corrected chi connectivity index (χ1v) is 11.3. The van der Waals surface area contributed by atoms with E-state index in [1.165, 1.54) is 7.11 Å². The van der Waals surface area contributed by atoms with Gasteiger partial charge in [0.2, 0.25) is 5.82 Å². The van der Waals surface area contributed by atoms with Crippen LogP contribution < -0.4 is 19.5 Å². The summed E-state index contributed by atoms with van der Waals surface area (Å²) in [6.45, 7) is 2.50. The summed E-state index contributed by atoms with van der Waals surface area (Å²) in [5.74, 6) is 1.89. The molecule has 0 saturated heterocycles. The minimum atomic E-state index is -0.477. The van der Waals surface area contributed by atoms with E-state index in [4.69, 9.17) is 14.2 Å². The van der Waals surface area contributed by atoms with Crippen molar-refractivity contribution >= 4 is 27.5 Å². The Morgan fingerprint density at radius 3 is 2.32 bits per heavy atom. The molecule has 174 valence electrons. The number of carbonyl (C=O) groups is 1. The Labute approximate surface area is 205 Å². The van der Waals surface area contributed by atoms with Crippen LogP contribution in [0.4, 0.5) is 5.69 Å². The summed E-state index contributed by atoms with van der Waals surface area (Å²) in [7, 11) is 3.08. The summed E-state index contributed by atoms with van der Waals surface area (Å²) in [6.07, 6.45) is 0. The third-order valence-corrected chi connectivity index (χ3v) is 5.49. The largest absolute Gasteiger partial charge is 0.497 e. The molecule has 0 fully saturated rings. The van der Waals surface area contributed by atoms with Crippen molar-refractivity contribution in [1.29, 1.82) is 0 Å². The van der Waals surface area contributed by atoms with Crippen LogP contribution in [0.15, 0.2) is 71.2 Å². The molecule has 0 spiro atoms. The van der Waals surface area contributed by atoms with E-state index < -0.39 is 5.91 Å². The van der Waals surface area contributed by atoms with E-state index in [2.05, 4.69) is 31.3 Å². The number of nitrogens with zero attached hydrogens (tertiary/aromatic N) is 3. The standard InChI is InChI=1S/C25H23BrN4O4/c1-4-34-19-11-9-18(10-12-19)30-24(16-5-7-17(26)8-6-16)28-23(29-30)25(31)27-21-15-20(32-2)13-14-22(21)33-3/h5-15H,4H2,1-3H3,(H,27,31). The Hall–Kier alpha value is -3.85. The molecule has 34 heavy (non-hydrogen) atoms. The normalized spacial score (nSPS) is 10.6. The molecule has 9 heteroatoms. The second-order valence-corrected chi connectivity index (χ2v) is 8.04. The lowest BCUT2D eigenvalue weighted by molar-refractivity contribution is 0.101. The third-order valence-electron chi connectivity index (χ3n) is 4.96. The maximum absolute atomic E-state index is 13.1. The number of carbonyl (C=O) groups excluding carboxylic acids is 1. The van der Waals surface area contributed by atoms with Crippen molar-refractivity contribution < 1.29 is 19.0 Å². The van der Waals surface area contributed by atoms with Crippen LogP contribution in [-0.2, 0) is 0 Å². The van der Waals surface area contributed by atoms with Gasteiger partial charge in [0.1, 0.15) is 17.2 Å². The molecule has 1 aromatic heterocycles. The van der Waals surface area contributed by atoms with E-state index in [1.54, 1.807) is 30.0 Å². The number of hydrogen-bond acceptors (Lipinski definition) is 6. The van der Waals surface area contributed by atoms with Crippen LogP contribution in [-0.4, -0.2) is 41.5 Å². The Kier molecular flexibility index (Phi) is 7.12. The summed E-state index contributed by atoms with van der Waals surface area (Å²) in [6, 6.07) is 20.2. The number of amides is 1. The molecular formula is C25H23BrN4O4. The fraction of sp³-hybridized carbons (Fsp3) is 0.160. The summed E-state index contributed by atoms with van der Waals surface area (Å²) >= 11 is 3.45. The number of rotatable bonds is 8. The zero-order valence-corrected chi connectivity index (χ0v) is 20.5. The fourth-order valence-corrected chi connectivity index (χ4v) is 3.58. The van der Waals surface area contributed by atoms with Gasteiger partial charge in [-0.1, -0.05) is 28.1 Å².